The smallest absolute Gasteiger partial charge is 0.168 e. The number of alkyl halides is 1. The van der Waals surface area contributed by atoms with Crippen molar-refractivity contribution in [3.63, 3.8) is 0 Å². The molecule has 2 aromatic heterocycles. The monoisotopic (exact) mass is 216 g/mol. The van der Waals surface area contributed by atoms with E-state index in [4.69, 9.17) is 28.3 Å². The number of aliphatic hydroxyl groups excluding tert-OH is 1. The van der Waals surface area contributed by atoms with E-state index < -0.39 is 5.56 Å². The molecular formula is C8H6Cl2N2O. The van der Waals surface area contributed by atoms with Gasteiger partial charge in [0, 0.05) is 11.6 Å². The van der Waals surface area contributed by atoms with Crippen LogP contribution in [0.1, 0.15) is 11.3 Å². The number of hydrogen-bond acceptors (Lipinski definition) is 2. The van der Waals surface area contributed by atoms with E-state index in [1.807, 2.05) is 0 Å². The van der Waals surface area contributed by atoms with Crippen molar-refractivity contribution in [1.29, 1.82) is 0 Å². The van der Waals surface area contributed by atoms with Crippen molar-refractivity contribution in [2.45, 2.75) is 5.56 Å². The van der Waals surface area contributed by atoms with Crippen LogP contribution in [0.5, 0.6) is 0 Å². The second-order valence-electron chi connectivity index (χ2n) is 2.64. The Hall–Kier alpha value is -0.770. The van der Waals surface area contributed by atoms with Crippen molar-refractivity contribution in [3.05, 3.63) is 29.2 Å². The second-order valence-corrected chi connectivity index (χ2v) is 3.46. The molecule has 0 amide bonds. The van der Waals surface area contributed by atoms with Gasteiger partial charge in [0.2, 0.25) is 0 Å². The molecule has 0 bridgehead atoms. The van der Waals surface area contributed by atoms with Crippen molar-refractivity contribution >= 4 is 34.1 Å². The van der Waals surface area contributed by atoms with Crippen LogP contribution in [0.25, 0.3) is 10.9 Å². The van der Waals surface area contributed by atoms with E-state index in [2.05, 4.69) is 9.97 Å². The molecule has 5 heteroatoms. The van der Waals surface area contributed by atoms with Crippen molar-refractivity contribution in [3.8, 4) is 0 Å². The minimum atomic E-state index is -1.04. The van der Waals surface area contributed by atoms with Gasteiger partial charge in [-0.3, -0.25) is 4.98 Å². The summed E-state index contributed by atoms with van der Waals surface area (Å²) in [6.07, 6.45) is 3.17. The summed E-state index contributed by atoms with van der Waals surface area (Å²) in [5.74, 6) is 0. The lowest BCUT2D eigenvalue weighted by Crippen LogP contribution is -1.85. The highest BCUT2D eigenvalue weighted by atomic mass is 35.5. The summed E-state index contributed by atoms with van der Waals surface area (Å²) in [5.41, 5.74) is 0.247. The van der Waals surface area contributed by atoms with Crippen LogP contribution in [-0.2, 0) is 0 Å². The third-order valence-electron chi connectivity index (χ3n) is 1.77. The molecule has 2 heterocycles. The average Bonchev–Trinajstić information content (AvgIpc) is 2.49. The number of rotatable bonds is 1. The molecule has 0 radical (unpaired) electrons. The fourth-order valence-corrected chi connectivity index (χ4v) is 1.50. The van der Waals surface area contributed by atoms with Gasteiger partial charge in [0.25, 0.3) is 0 Å². The van der Waals surface area contributed by atoms with E-state index in [1.165, 1.54) is 0 Å². The molecule has 1 unspecified atom stereocenters. The Labute approximate surface area is 84.3 Å². The van der Waals surface area contributed by atoms with E-state index in [1.54, 1.807) is 18.5 Å². The predicted molar refractivity (Wildman–Crippen MR) is 51.9 cm³/mol. The van der Waals surface area contributed by atoms with Crippen LogP contribution in [-0.4, -0.2) is 15.1 Å². The van der Waals surface area contributed by atoms with Gasteiger partial charge in [-0.15, -0.1) is 0 Å². The van der Waals surface area contributed by atoms with Crippen molar-refractivity contribution in [2.24, 2.45) is 0 Å². The molecule has 2 aromatic rings. The van der Waals surface area contributed by atoms with Gasteiger partial charge in [0.1, 0.15) is 0 Å². The van der Waals surface area contributed by atoms with E-state index in [0.29, 0.717) is 10.7 Å². The molecule has 1 atom stereocenters. The highest BCUT2D eigenvalue weighted by Crippen LogP contribution is 2.26. The van der Waals surface area contributed by atoms with Crippen LogP contribution in [0.3, 0.4) is 0 Å². The van der Waals surface area contributed by atoms with Gasteiger partial charge in [0.15, 0.2) is 5.56 Å². The highest BCUT2D eigenvalue weighted by Gasteiger charge is 2.08. The summed E-state index contributed by atoms with van der Waals surface area (Å²) in [5, 5.41) is 10.4. The summed E-state index contributed by atoms with van der Waals surface area (Å²) >= 11 is 11.4. The third-order valence-corrected chi connectivity index (χ3v) is 2.31. The first-order chi connectivity index (χ1) is 6.18. The normalized spacial score (nSPS) is 13.5. The molecule has 3 nitrogen and oxygen atoms in total. The summed E-state index contributed by atoms with van der Waals surface area (Å²) in [6.45, 7) is 0. The van der Waals surface area contributed by atoms with Crippen LogP contribution >= 0.6 is 23.2 Å². The summed E-state index contributed by atoms with van der Waals surface area (Å²) in [4.78, 5) is 6.80. The van der Waals surface area contributed by atoms with E-state index in [-0.39, 0.29) is 0 Å². The Balaban J connectivity index is 2.68. The van der Waals surface area contributed by atoms with Crippen LogP contribution in [0.15, 0.2) is 18.5 Å². The Bertz CT molecular complexity index is 439. The molecule has 0 aliphatic heterocycles. The van der Waals surface area contributed by atoms with Gasteiger partial charge >= 0.3 is 0 Å². The maximum atomic E-state index is 9.09. The minimum absolute atomic E-state index is 0.520. The number of nitrogens with zero attached hydrogens (tertiary/aromatic N) is 1. The molecule has 0 saturated heterocycles. The zero-order chi connectivity index (χ0) is 9.42. The maximum absolute atomic E-state index is 9.09. The Morgan fingerprint density at radius 2 is 2.23 bits per heavy atom. The number of hydrogen-bond donors (Lipinski definition) is 2. The predicted octanol–water partition coefficient (Wildman–Crippen LogP) is 2.45. The molecular weight excluding hydrogens is 211 g/mol. The van der Waals surface area contributed by atoms with Crippen LogP contribution in [0, 0.1) is 0 Å². The molecule has 13 heavy (non-hydrogen) atoms. The number of aromatic nitrogens is 2. The van der Waals surface area contributed by atoms with Crippen LogP contribution in [0.2, 0.25) is 5.02 Å². The largest absolute Gasteiger partial charge is 0.372 e. The van der Waals surface area contributed by atoms with E-state index >= 15 is 0 Å². The van der Waals surface area contributed by atoms with Crippen LogP contribution in [0.4, 0.5) is 0 Å². The fraction of sp³-hybridized carbons (Fsp3) is 0.125. The number of pyridine rings is 1. The number of nitrogens with one attached hydrogen (secondary N) is 1. The van der Waals surface area contributed by atoms with Gasteiger partial charge in [-0.05, 0) is 6.07 Å². The SMILES string of the molecule is OC(Cl)c1cc2c(Cl)cncc2[nH]1. The highest BCUT2D eigenvalue weighted by molar-refractivity contribution is 6.35. The van der Waals surface area contributed by atoms with Gasteiger partial charge in [-0.1, -0.05) is 23.2 Å². The molecule has 2 rings (SSSR count). The number of aromatic amines is 1. The van der Waals surface area contributed by atoms with E-state index in [9.17, 15) is 0 Å². The molecule has 0 aliphatic rings. The maximum Gasteiger partial charge on any atom is 0.168 e. The second kappa shape index (κ2) is 3.18. The lowest BCUT2D eigenvalue weighted by atomic mass is 10.3. The quantitative estimate of drug-likeness (QED) is 0.720. The molecule has 0 saturated carbocycles. The number of halogens is 2. The fourth-order valence-electron chi connectivity index (χ4n) is 1.17. The molecule has 0 aliphatic carbocycles. The summed E-state index contributed by atoms with van der Waals surface area (Å²) in [6, 6.07) is 1.71. The third kappa shape index (κ3) is 1.50. The lowest BCUT2D eigenvalue weighted by molar-refractivity contribution is 0.259. The molecule has 68 valence electrons. The molecule has 2 N–H and O–H groups in total. The standard InChI is InChI=1S/C8H6Cl2N2O/c9-5-2-11-3-7-4(5)1-6(12-7)8(10)13/h1-3,8,12-13H. The topological polar surface area (TPSA) is 48.9 Å². The molecule has 0 fully saturated rings. The first-order valence-electron chi connectivity index (χ1n) is 3.63. The first-order valence-corrected chi connectivity index (χ1v) is 4.44. The average molecular weight is 217 g/mol. The summed E-state index contributed by atoms with van der Waals surface area (Å²) in [7, 11) is 0. The zero-order valence-electron chi connectivity index (χ0n) is 6.46. The number of H-pyrrole nitrogens is 1. The zero-order valence-corrected chi connectivity index (χ0v) is 7.97. The molecule has 0 aromatic carbocycles. The first kappa shape index (κ1) is 8.81. The Morgan fingerprint density at radius 3 is 2.85 bits per heavy atom. The summed E-state index contributed by atoms with van der Waals surface area (Å²) < 4.78 is 0. The van der Waals surface area contributed by atoms with Gasteiger partial charge in [0.05, 0.1) is 22.4 Å². The van der Waals surface area contributed by atoms with Crippen molar-refractivity contribution in [1.82, 2.24) is 9.97 Å². The Morgan fingerprint density at radius 1 is 1.46 bits per heavy atom. The van der Waals surface area contributed by atoms with Gasteiger partial charge in [-0.2, -0.15) is 0 Å². The van der Waals surface area contributed by atoms with Crippen LogP contribution < -0.4 is 0 Å². The minimum Gasteiger partial charge on any atom is -0.372 e. The van der Waals surface area contributed by atoms with Crippen molar-refractivity contribution < 1.29 is 5.11 Å². The van der Waals surface area contributed by atoms with Crippen molar-refractivity contribution in [2.75, 3.05) is 0 Å². The van der Waals surface area contributed by atoms with E-state index in [0.717, 1.165) is 10.9 Å². The number of fused-ring (bicyclic) bond motifs is 1. The van der Waals surface area contributed by atoms with Gasteiger partial charge < -0.3 is 10.1 Å². The molecule has 0 spiro atoms. The Kier molecular flexibility index (Phi) is 2.15. The van der Waals surface area contributed by atoms with Gasteiger partial charge in [-0.25, -0.2) is 0 Å². The number of aliphatic hydroxyl groups is 1. The lowest BCUT2D eigenvalue weighted by Gasteiger charge is -1.94.